The van der Waals surface area contributed by atoms with E-state index >= 15 is 0 Å². The first kappa shape index (κ1) is 18.8. The fourth-order valence-electron chi connectivity index (χ4n) is 2.91. The molecule has 0 fully saturated rings. The van der Waals surface area contributed by atoms with Crippen LogP contribution in [0.5, 0.6) is 0 Å². The Morgan fingerprint density at radius 3 is 2.00 bits per heavy atom. The predicted octanol–water partition coefficient (Wildman–Crippen LogP) is 5.41. The highest BCUT2D eigenvalue weighted by atomic mass is 32.2. The molecule has 0 amide bonds. The summed E-state index contributed by atoms with van der Waals surface area (Å²) >= 11 is 1.33. The van der Waals surface area contributed by atoms with Crippen molar-refractivity contribution in [3.05, 3.63) is 101 Å². The number of hydrogen-bond donors (Lipinski definition) is 0. The van der Waals surface area contributed by atoms with Crippen LogP contribution in [-0.4, -0.2) is 20.1 Å². The van der Waals surface area contributed by atoms with E-state index in [1.165, 1.54) is 17.8 Å². The second-order valence-electron chi connectivity index (χ2n) is 6.20. The van der Waals surface area contributed by atoms with Crippen molar-refractivity contribution in [2.45, 2.75) is 10.9 Å². The van der Waals surface area contributed by atoms with E-state index in [4.69, 9.17) is 4.98 Å². The lowest BCUT2D eigenvalue weighted by molar-refractivity contribution is -0.385. The monoisotopic (exact) mass is 400 g/mol. The Labute approximate surface area is 171 Å². The van der Waals surface area contributed by atoms with E-state index in [0.29, 0.717) is 22.2 Å². The molecule has 0 saturated heterocycles. The maximum Gasteiger partial charge on any atom is 0.273 e. The lowest BCUT2D eigenvalue weighted by atomic mass is 10.0. The van der Waals surface area contributed by atoms with Crippen molar-refractivity contribution < 1.29 is 4.92 Å². The van der Waals surface area contributed by atoms with Gasteiger partial charge in [0.25, 0.3) is 5.69 Å². The third kappa shape index (κ3) is 4.30. The first-order valence-corrected chi connectivity index (χ1v) is 9.91. The van der Waals surface area contributed by atoms with Crippen LogP contribution in [0.2, 0.25) is 0 Å². The molecule has 0 N–H and O–H groups in total. The Bertz CT molecular complexity index is 1140. The van der Waals surface area contributed by atoms with Gasteiger partial charge in [-0.15, -0.1) is 10.2 Å². The van der Waals surface area contributed by atoms with Gasteiger partial charge >= 0.3 is 0 Å². The third-order valence-corrected chi connectivity index (χ3v) is 5.19. The summed E-state index contributed by atoms with van der Waals surface area (Å²) in [6, 6.07) is 26.3. The summed E-state index contributed by atoms with van der Waals surface area (Å²) in [6.07, 6.45) is 0. The third-order valence-electron chi connectivity index (χ3n) is 4.31. The number of nitro benzene ring substituents is 1. The smallest absolute Gasteiger partial charge is 0.258 e. The van der Waals surface area contributed by atoms with Gasteiger partial charge in [-0.1, -0.05) is 90.6 Å². The van der Waals surface area contributed by atoms with Crippen LogP contribution >= 0.6 is 11.8 Å². The molecule has 4 aromatic rings. The first-order chi connectivity index (χ1) is 14.2. The second-order valence-corrected chi connectivity index (χ2v) is 7.14. The van der Waals surface area contributed by atoms with Gasteiger partial charge in [0.1, 0.15) is 11.4 Å². The van der Waals surface area contributed by atoms with Crippen molar-refractivity contribution in [1.29, 1.82) is 0 Å². The molecular weight excluding hydrogens is 384 g/mol. The molecular formula is C22H16N4O2S. The van der Waals surface area contributed by atoms with E-state index in [9.17, 15) is 10.1 Å². The van der Waals surface area contributed by atoms with Crippen LogP contribution in [0.3, 0.4) is 0 Å². The molecule has 3 aromatic carbocycles. The molecule has 1 aromatic heterocycles. The largest absolute Gasteiger partial charge is 0.273 e. The Balaban J connectivity index is 1.69. The van der Waals surface area contributed by atoms with E-state index in [0.717, 1.165) is 16.8 Å². The number of para-hydroxylation sites is 1. The molecule has 0 bridgehead atoms. The average molecular weight is 400 g/mol. The maximum atomic E-state index is 11.2. The molecule has 0 unspecified atom stereocenters. The van der Waals surface area contributed by atoms with Crippen molar-refractivity contribution in [3.8, 4) is 22.5 Å². The fourth-order valence-corrected chi connectivity index (χ4v) is 3.70. The molecule has 1 heterocycles. The highest BCUT2D eigenvalue weighted by Crippen LogP contribution is 2.31. The van der Waals surface area contributed by atoms with Gasteiger partial charge in [-0.05, 0) is 0 Å². The van der Waals surface area contributed by atoms with Gasteiger partial charge in [0.2, 0.25) is 5.16 Å². The van der Waals surface area contributed by atoms with Crippen LogP contribution in [0.1, 0.15) is 5.56 Å². The van der Waals surface area contributed by atoms with Gasteiger partial charge in [-0.25, -0.2) is 4.98 Å². The number of benzene rings is 3. The molecule has 0 aliphatic carbocycles. The van der Waals surface area contributed by atoms with E-state index < -0.39 is 0 Å². The van der Waals surface area contributed by atoms with Crippen LogP contribution in [0.4, 0.5) is 5.69 Å². The van der Waals surface area contributed by atoms with E-state index in [2.05, 4.69) is 10.2 Å². The normalized spacial score (nSPS) is 10.6. The van der Waals surface area contributed by atoms with Crippen LogP contribution < -0.4 is 0 Å². The molecule has 0 saturated carbocycles. The lowest BCUT2D eigenvalue weighted by Crippen LogP contribution is -2.00. The number of nitrogens with zero attached hydrogens (tertiary/aromatic N) is 4. The minimum absolute atomic E-state index is 0.0946. The van der Waals surface area contributed by atoms with Crippen LogP contribution in [-0.2, 0) is 5.75 Å². The zero-order chi connectivity index (χ0) is 20.1. The van der Waals surface area contributed by atoms with Crippen molar-refractivity contribution in [1.82, 2.24) is 15.2 Å². The van der Waals surface area contributed by atoms with Gasteiger partial charge in [-0.2, -0.15) is 0 Å². The minimum Gasteiger partial charge on any atom is -0.258 e. The Hall–Kier alpha value is -3.58. The number of thioether (sulfide) groups is 1. The van der Waals surface area contributed by atoms with Crippen LogP contribution in [0.25, 0.3) is 22.5 Å². The summed E-state index contributed by atoms with van der Waals surface area (Å²) in [5, 5.41) is 20.4. The Morgan fingerprint density at radius 1 is 0.759 bits per heavy atom. The number of aromatic nitrogens is 3. The number of nitro groups is 1. The first-order valence-electron chi connectivity index (χ1n) is 8.93. The molecule has 0 aliphatic heterocycles. The zero-order valence-corrected chi connectivity index (χ0v) is 16.1. The number of rotatable bonds is 6. The number of hydrogen-bond acceptors (Lipinski definition) is 6. The zero-order valence-electron chi connectivity index (χ0n) is 15.3. The molecule has 0 radical (unpaired) electrons. The lowest BCUT2D eigenvalue weighted by Gasteiger charge is -2.09. The topological polar surface area (TPSA) is 81.8 Å². The van der Waals surface area contributed by atoms with Crippen molar-refractivity contribution in [2.24, 2.45) is 0 Å². The van der Waals surface area contributed by atoms with Gasteiger partial charge in [-0.3, -0.25) is 10.1 Å². The molecule has 4 rings (SSSR count). The molecule has 142 valence electrons. The van der Waals surface area contributed by atoms with E-state index in [1.54, 1.807) is 18.2 Å². The van der Waals surface area contributed by atoms with E-state index in [-0.39, 0.29) is 10.6 Å². The highest BCUT2D eigenvalue weighted by Gasteiger charge is 2.16. The van der Waals surface area contributed by atoms with Gasteiger partial charge in [0.05, 0.1) is 4.92 Å². The standard InChI is InChI=1S/C22H16N4O2S/c27-26(28)19-14-8-7-13-18(19)15-29-22-23-20(16-9-3-1-4-10-16)21(24-25-22)17-11-5-2-6-12-17/h1-14H,15H2. The maximum absolute atomic E-state index is 11.2. The predicted molar refractivity (Wildman–Crippen MR) is 113 cm³/mol. The quantitative estimate of drug-likeness (QED) is 0.245. The van der Waals surface area contributed by atoms with Gasteiger partial charge in [0.15, 0.2) is 0 Å². The summed E-state index contributed by atoms with van der Waals surface area (Å²) in [4.78, 5) is 15.6. The summed E-state index contributed by atoms with van der Waals surface area (Å²) in [5.41, 5.74) is 4.02. The second kappa shape index (κ2) is 8.62. The summed E-state index contributed by atoms with van der Waals surface area (Å²) < 4.78 is 0. The van der Waals surface area contributed by atoms with Gasteiger partial charge in [0, 0.05) is 28.5 Å². The van der Waals surface area contributed by atoms with Crippen LogP contribution in [0, 0.1) is 10.1 Å². The fraction of sp³-hybridized carbons (Fsp3) is 0.0455. The Morgan fingerprint density at radius 2 is 1.34 bits per heavy atom. The molecule has 0 spiro atoms. The molecule has 0 aliphatic rings. The summed E-state index contributed by atoms with van der Waals surface area (Å²) in [5.74, 6) is 0.387. The minimum atomic E-state index is -0.372. The van der Waals surface area contributed by atoms with E-state index in [1.807, 2.05) is 60.7 Å². The SMILES string of the molecule is O=[N+]([O-])c1ccccc1CSc1nnc(-c2ccccc2)c(-c2ccccc2)n1. The molecule has 0 atom stereocenters. The average Bonchev–Trinajstić information content (AvgIpc) is 2.79. The Kier molecular flexibility index (Phi) is 5.58. The van der Waals surface area contributed by atoms with Gasteiger partial charge < -0.3 is 0 Å². The van der Waals surface area contributed by atoms with Crippen molar-refractivity contribution in [3.63, 3.8) is 0 Å². The summed E-state index contributed by atoms with van der Waals surface area (Å²) in [6.45, 7) is 0. The van der Waals surface area contributed by atoms with Crippen LogP contribution in [0.15, 0.2) is 90.1 Å². The molecule has 6 nitrogen and oxygen atoms in total. The molecule has 7 heteroatoms. The summed E-state index contributed by atoms with van der Waals surface area (Å²) in [7, 11) is 0. The van der Waals surface area contributed by atoms with Crippen molar-refractivity contribution >= 4 is 17.4 Å². The molecule has 29 heavy (non-hydrogen) atoms. The highest BCUT2D eigenvalue weighted by molar-refractivity contribution is 7.98. The van der Waals surface area contributed by atoms with Crippen molar-refractivity contribution in [2.75, 3.05) is 0 Å².